The van der Waals surface area contributed by atoms with E-state index in [9.17, 15) is 9.59 Å². The molecule has 0 saturated carbocycles. The van der Waals surface area contributed by atoms with E-state index in [1.807, 2.05) is 17.5 Å². The van der Waals surface area contributed by atoms with Gasteiger partial charge in [0.15, 0.2) is 5.78 Å². The van der Waals surface area contributed by atoms with Crippen LogP contribution in [0, 0.1) is 5.92 Å². The predicted octanol–water partition coefficient (Wildman–Crippen LogP) is 1.69. The molecule has 2 unspecified atom stereocenters. The van der Waals surface area contributed by atoms with Gasteiger partial charge < -0.3 is 0 Å². The largest absolute Gasteiger partial charge is 0.296 e. The van der Waals surface area contributed by atoms with E-state index in [0.717, 1.165) is 5.00 Å². The maximum atomic E-state index is 11.7. The number of hydrogen-bond donors (Lipinski definition) is 0. The summed E-state index contributed by atoms with van der Waals surface area (Å²) in [4.78, 5) is 24.9. The molecule has 3 nitrogen and oxygen atoms in total. The fraction of sp³-hybridized carbons (Fsp3) is 0.400. The number of ketones is 1. The number of nitrogens with zero attached hydrogens (tertiary/aromatic N) is 1. The van der Waals surface area contributed by atoms with Crippen LogP contribution in [0.25, 0.3) is 0 Å². The van der Waals surface area contributed by atoms with Crippen molar-refractivity contribution < 1.29 is 9.59 Å². The van der Waals surface area contributed by atoms with Gasteiger partial charge in [0.2, 0.25) is 5.91 Å². The molecule has 0 N–H and O–H groups in total. The van der Waals surface area contributed by atoms with E-state index in [0.29, 0.717) is 0 Å². The zero-order valence-corrected chi connectivity index (χ0v) is 8.88. The fourth-order valence-corrected chi connectivity index (χ4v) is 2.53. The normalized spacial score (nSPS) is 27.4. The molecule has 1 saturated heterocycles. The minimum atomic E-state index is -0.480. The van der Waals surface area contributed by atoms with E-state index in [1.54, 1.807) is 18.7 Å². The Kier molecular flexibility index (Phi) is 2.15. The summed E-state index contributed by atoms with van der Waals surface area (Å²) in [6, 6.07) is 3.44. The summed E-state index contributed by atoms with van der Waals surface area (Å²) >= 11 is 1.48. The second kappa shape index (κ2) is 3.20. The molecule has 2 atom stereocenters. The van der Waals surface area contributed by atoms with Crippen molar-refractivity contribution >= 4 is 28.0 Å². The van der Waals surface area contributed by atoms with Crippen LogP contribution in [-0.2, 0) is 9.59 Å². The molecule has 1 amide bonds. The summed E-state index contributed by atoms with van der Waals surface area (Å²) in [6.07, 6.45) is 0. The number of amides is 1. The molecule has 1 aromatic heterocycles. The number of anilines is 1. The Morgan fingerprint density at radius 2 is 2.07 bits per heavy atom. The summed E-state index contributed by atoms with van der Waals surface area (Å²) in [6.45, 7) is 3.46. The molecule has 0 bridgehead atoms. The van der Waals surface area contributed by atoms with Gasteiger partial charge in [-0.15, -0.1) is 11.3 Å². The molecule has 74 valence electrons. The average Bonchev–Trinajstić information content (AvgIpc) is 2.73. The quantitative estimate of drug-likeness (QED) is 0.660. The van der Waals surface area contributed by atoms with E-state index >= 15 is 0 Å². The molecule has 1 aliphatic heterocycles. The van der Waals surface area contributed by atoms with Crippen molar-refractivity contribution in [1.29, 1.82) is 0 Å². The van der Waals surface area contributed by atoms with Crippen molar-refractivity contribution in [2.45, 2.75) is 19.9 Å². The van der Waals surface area contributed by atoms with Gasteiger partial charge in [0.05, 0.1) is 17.0 Å². The first-order chi connectivity index (χ1) is 6.63. The van der Waals surface area contributed by atoms with Gasteiger partial charge in [0, 0.05) is 0 Å². The molecule has 2 rings (SSSR count). The summed E-state index contributed by atoms with van der Waals surface area (Å²) in [5.74, 6) is -0.541. The monoisotopic (exact) mass is 209 g/mol. The highest BCUT2D eigenvalue weighted by atomic mass is 32.1. The van der Waals surface area contributed by atoms with E-state index in [2.05, 4.69) is 0 Å². The van der Waals surface area contributed by atoms with Gasteiger partial charge in [-0.05, 0) is 31.4 Å². The van der Waals surface area contributed by atoms with Gasteiger partial charge in [-0.2, -0.15) is 0 Å². The van der Waals surface area contributed by atoms with Crippen molar-refractivity contribution in [2.75, 3.05) is 4.90 Å². The van der Waals surface area contributed by atoms with Crippen molar-refractivity contribution in [3.05, 3.63) is 17.5 Å². The van der Waals surface area contributed by atoms with Gasteiger partial charge in [-0.3, -0.25) is 14.5 Å². The third-order valence-corrected chi connectivity index (χ3v) is 3.44. The van der Waals surface area contributed by atoms with Crippen molar-refractivity contribution in [3.63, 3.8) is 0 Å². The van der Waals surface area contributed by atoms with Crippen LogP contribution < -0.4 is 4.90 Å². The molecule has 0 radical (unpaired) electrons. The Labute approximate surface area is 86.3 Å². The van der Waals surface area contributed by atoms with E-state index in [4.69, 9.17) is 0 Å². The molecular weight excluding hydrogens is 198 g/mol. The molecule has 0 aromatic carbocycles. The second-order valence-corrected chi connectivity index (χ2v) is 4.39. The van der Waals surface area contributed by atoms with Gasteiger partial charge in [-0.1, -0.05) is 0 Å². The van der Waals surface area contributed by atoms with E-state index in [-0.39, 0.29) is 17.7 Å². The Hall–Kier alpha value is -1.16. The van der Waals surface area contributed by atoms with Crippen LogP contribution in [-0.4, -0.2) is 17.7 Å². The standard InChI is InChI=1S/C10H11NO2S/c1-6-9(12)7(2)11(10(6)13)8-4-3-5-14-8/h3-7H,1-2H3. The summed E-state index contributed by atoms with van der Waals surface area (Å²) < 4.78 is 0. The van der Waals surface area contributed by atoms with Crippen molar-refractivity contribution in [3.8, 4) is 0 Å². The maximum absolute atomic E-state index is 11.7. The Morgan fingerprint density at radius 1 is 1.36 bits per heavy atom. The van der Waals surface area contributed by atoms with Crippen molar-refractivity contribution in [1.82, 2.24) is 0 Å². The van der Waals surface area contributed by atoms with Crippen LogP contribution in [0.1, 0.15) is 13.8 Å². The van der Waals surface area contributed by atoms with Crippen LogP contribution in [0.3, 0.4) is 0 Å². The second-order valence-electron chi connectivity index (χ2n) is 3.46. The van der Waals surface area contributed by atoms with E-state index < -0.39 is 5.92 Å². The molecule has 1 aliphatic rings. The molecule has 1 fully saturated rings. The lowest BCUT2D eigenvalue weighted by atomic mass is 10.1. The van der Waals surface area contributed by atoms with Crippen LogP contribution >= 0.6 is 11.3 Å². The minimum Gasteiger partial charge on any atom is -0.296 e. The minimum absolute atomic E-state index is 0.0170. The van der Waals surface area contributed by atoms with Gasteiger partial charge in [-0.25, -0.2) is 0 Å². The zero-order chi connectivity index (χ0) is 10.3. The van der Waals surface area contributed by atoms with Crippen LogP contribution in [0.15, 0.2) is 17.5 Å². The fourth-order valence-electron chi connectivity index (χ4n) is 1.72. The van der Waals surface area contributed by atoms with Crippen LogP contribution in [0.5, 0.6) is 0 Å². The first kappa shape index (κ1) is 9.40. The lowest BCUT2D eigenvalue weighted by molar-refractivity contribution is -0.126. The third kappa shape index (κ3) is 1.18. The number of carbonyl (C=O) groups is 2. The molecule has 0 spiro atoms. The number of Topliss-reactive ketones (excluding diaryl/α,β-unsaturated/α-hetero) is 1. The number of carbonyl (C=O) groups excluding carboxylic acids is 2. The van der Waals surface area contributed by atoms with Gasteiger partial charge in [0.1, 0.15) is 0 Å². The Morgan fingerprint density at radius 3 is 2.50 bits per heavy atom. The van der Waals surface area contributed by atoms with Gasteiger partial charge in [0.25, 0.3) is 0 Å². The topological polar surface area (TPSA) is 37.4 Å². The Bertz CT molecular complexity index is 371. The lowest BCUT2D eigenvalue weighted by Gasteiger charge is -2.17. The van der Waals surface area contributed by atoms with Crippen molar-refractivity contribution in [2.24, 2.45) is 5.92 Å². The number of rotatable bonds is 1. The van der Waals surface area contributed by atoms with Crippen LogP contribution in [0.4, 0.5) is 5.00 Å². The molecular formula is C10H11NO2S. The Balaban J connectivity index is 2.38. The first-order valence-corrected chi connectivity index (χ1v) is 5.41. The number of hydrogen-bond acceptors (Lipinski definition) is 3. The third-order valence-electron chi connectivity index (χ3n) is 2.58. The van der Waals surface area contributed by atoms with Gasteiger partial charge >= 0.3 is 0 Å². The average molecular weight is 209 g/mol. The SMILES string of the molecule is CC1C(=O)C(C)N(c2cccs2)C1=O. The highest BCUT2D eigenvalue weighted by Crippen LogP contribution is 2.30. The smallest absolute Gasteiger partial charge is 0.238 e. The highest BCUT2D eigenvalue weighted by molar-refractivity contribution is 7.14. The molecule has 14 heavy (non-hydrogen) atoms. The molecule has 0 aliphatic carbocycles. The molecule has 1 aromatic rings. The predicted molar refractivity (Wildman–Crippen MR) is 55.4 cm³/mol. The highest BCUT2D eigenvalue weighted by Gasteiger charge is 2.42. The summed E-state index contributed by atoms with van der Waals surface area (Å²) in [5.41, 5.74) is 0. The summed E-state index contributed by atoms with van der Waals surface area (Å²) in [7, 11) is 0. The van der Waals surface area contributed by atoms with E-state index in [1.165, 1.54) is 11.3 Å². The maximum Gasteiger partial charge on any atom is 0.238 e. The first-order valence-electron chi connectivity index (χ1n) is 4.53. The molecule has 4 heteroatoms. The summed E-state index contributed by atoms with van der Waals surface area (Å²) in [5, 5.41) is 2.77. The van der Waals surface area contributed by atoms with Crippen LogP contribution in [0.2, 0.25) is 0 Å². The number of thiophene rings is 1. The lowest BCUT2D eigenvalue weighted by Crippen LogP contribution is -2.32. The molecule has 2 heterocycles. The zero-order valence-electron chi connectivity index (χ0n) is 8.06.